The van der Waals surface area contributed by atoms with E-state index in [1.54, 1.807) is 0 Å². The molecule has 0 bridgehead atoms. The fourth-order valence-electron chi connectivity index (χ4n) is 3.83. The van der Waals surface area contributed by atoms with Crippen molar-refractivity contribution in [3.05, 3.63) is 64.1 Å². The van der Waals surface area contributed by atoms with Crippen LogP contribution in [0.2, 0.25) is 0 Å². The minimum atomic E-state index is -0.912. The summed E-state index contributed by atoms with van der Waals surface area (Å²) in [5.41, 5.74) is -0.133. The van der Waals surface area contributed by atoms with E-state index in [2.05, 4.69) is 22.7 Å². The van der Waals surface area contributed by atoms with Crippen LogP contribution in [-0.4, -0.2) is 33.7 Å². The first kappa shape index (κ1) is 21.7. The summed E-state index contributed by atoms with van der Waals surface area (Å²) in [6, 6.07) is 12.3. The number of benzene rings is 1. The van der Waals surface area contributed by atoms with Gasteiger partial charge in [0.05, 0.1) is 6.54 Å². The second kappa shape index (κ2) is 10.2. The highest BCUT2D eigenvalue weighted by atomic mass is 16.2. The molecular weight excluding hydrogens is 380 g/mol. The Balaban J connectivity index is 1.77. The van der Waals surface area contributed by atoms with Crippen molar-refractivity contribution >= 4 is 11.8 Å². The number of carbonyl (C=O) groups excluding carboxylic acids is 2. The van der Waals surface area contributed by atoms with Gasteiger partial charge in [0.1, 0.15) is 11.2 Å². The molecule has 0 saturated heterocycles. The van der Waals surface area contributed by atoms with Crippen LogP contribution in [0.5, 0.6) is 0 Å². The van der Waals surface area contributed by atoms with Crippen LogP contribution in [0.25, 0.3) is 0 Å². The molecule has 2 amide bonds. The zero-order chi connectivity index (χ0) is 21.4. The van der Waals surface area contributed by atoms with Crippen LogP contribution >= 0.6 is 0 Å². The standard InChI is InChI=1S/C23H30N4O3/c1-2-3-16-24-22(30)23(14-8-5-9-15-23)25-21(29)19-12-13-20(28)27(26-19)17-18-10-6-4-7-11-18/h4,6-7,10-13H,2-3,5,8-9,14-17H2,1H3,(H,24,30)(H,25,29). The Morgan fingerprint density at radius 3 is 2.50 bits per heavy atom. The Hall–Kier alpha value is -2.96. The zero-order valence-corrected chi connectivity index (χ0v) is 17.5. The molecule has 7 heteroatoms. The van der Waals surface area contributed by atoms with Crippen LogP contribution in [-0.2, 0) is 11.3 Å². The van der Waals surface area contributed by atoms with Crippen molar-refractivity contribution in [2.45, 2.75) is 64.0 Å². The van der Waals surface area contributed by atoms with Crippen molar-refractivity contribution < 1.29 is 9.59 Å². The zero-order valence-electron chi connectivity index (χ0n) is 17.5. The topological polar surface area (TPSA) is 93.1 Å². The molecule has 0 radical (unpaired) electrons. The Bertz CT molecular complexity index is 918. The highest BCUT2D eigenvalue weighted by molar-refractivity contribution is 5.98. The number of carbonyl (C=O) groups is 2. The predicted molar refractivity (Wildman–Crippen MR) is 115 cm³/mol. The van der Waals surface area contributed by atoms with E-state index in [1.807, 2.05) is 30.3 Å². The number of rotatable bonds is 8. The molecular formula is C23H30N4O3. The number of nitrogens with zero attached hydrogens (tertiary/aromatic N) is 2. The van der Waals surface area contributed by atoms with Gasteiger partial charge in [-0.15, -0.1) is 0 Å². The van der Waals surface area contributed by atoms with Gasteiger partial charge in [-0.2, -0.15) is 5.10 Å². The Morgan fingerprint density at radius 1 is 1.07 bits per heavy atom. The third-order valence-electron chi connectivity index (χ3n) is 5.58. The van der Waals surface area contributed by atoms with E-state index in [9.17, 15) is 14.4 Å². The molecule has 7 nitrogen and oxygen atoms in total. The molecule has 2 aromatic rings. The van der Waals surface area contributed by atoms with Crippen molar-refractivity contribution in [2.75, 3.05) is 6.54 Å². The molecule has 0 atom stereocenters. The molecule has 30 heavy (non-hydrogen) atoms. The third kappa shape index (κ3) is 5.34. The van der Waals surface area contributed by atoms with Gasteiger partial charge >= 0.3 is 0 Å². The van der Waals surface area contributed by atoms with Crippen molar-refractivity contribution in [3.8, 4) is 0 Å². The van der Waals surface area contributed by atoms with Crippen LogP contribution in [0.3, 0.4) is 0 Å². The Kier molecular flexibility index (Phi) is 7.38. The van der Waals surface area contributed by atoms with E-state index >= 15 is 0 Å². The van der Waals surface area contributed by atoms with Crippen molar-refractivity contribution in [1.82, 2.24) is 20.4 Å². The third-order valence-corrected chi connectivity index (χ3v) is 5.58. The SMILES string of the molecule is CCCCNC(=O)C1(NC(=O)c2ccc(=O)n(Cc3ccccc3)n2)CCCCC1. The van der Waals surface area contributed by atoms with Crippen molar-refractivity contribution in [2.24, 2.45) is 0 Å². The number of aromatic nitrogens is 2. The first-order valence-electron chi connectivity index (χ1n) is 10.8. The first-order chi connectivity index (χ1) is 14.5. The largest absolute Gasteiger partial charge is 0.354 e. The maximum Gasteiger partial charge on any atom is 0.272 e. The molecule has 1 saturated carbocycles. The van der Waals surface area contributed by atoms with Gasteiger partial charge in [0.15, 0.2) is 0 Å². The van der Waals surface area contributed by atoms with Gasteiger partial charge in [0.25, 0.3) is 11.5 Å². The van der Waals surface area contributed by atoms with Gasteiger partial charge in [-0.3, -0.25) is 14.4 Å². The molecule has 1 aliphatic rings. The maximum atomic E-state index is 13.0. The molecule has 1 aliphatic carbocycles. The minimum Gasteiger partial charge on any atom is -0.354 e. The van der Waals surface area contributed by atoms with E-state index < -0.39 is 11.4 Å². The van der Waals surface area contributed by atoms with E-state index in [0.29, 0.717) is 19.4 Å². The summed E-state index contributed by atoms with van der Waals surface area (Å²) in [6.07, 6.45) is 5.96. The number of hydrogen-bond acceptors (Lipinski definition) is 4. The fraction of sp³-hybridized carbons (Fsp3) is 0.478. The quantitative estimate of drug-likeness (QED) is 0.655. The summed E-state index contributed by atoms with van der Waals surface area (Å²) >= 11 is 0. The molecule has 1 aromatic heterocycles. The lowest BCUT2D eigenvalue weighted by atomic mass is 9.80. The monoisotopic (exact) mass is 410 g/mol. The van der Waals surface area contributed by atoms with Crippen LogP contribution in [0, 0.1) is 0 Å². The minimum absolute atomic E-state index is 0.124. The van der Waals surface area contributed by atoms with Crippen LogP contribution in [0.1, 0.15) is 67.9 Å². The van der Waals surface area contributed by atoms with Gasteiger partial charge in [0.2, 0.25) is 5.91 Å². The molecule has 0 unspecified atom stereocenters. The fourth-order valence-corrected chi connectivity index (χ4v) is 3.83. The summed E-state index contributed by atoms with van der Waals surface area (Å²) in [5.74, 6) is -0.550. The molecule has 1 heterocycles. The molecule has 160 valence electrons. The van der Waals surface area contributed by atoms with Crippen molar-refractivity contribution in [3.63, 3.8) is 0 Å². The van der Waals surface area contributed by atoms with Gasteiger partial charge in [-0.1, -0.05) is 62.9 Å². The summed E-state index contributed by atoms with van der Waals surface area (Å²) in [6.45, 7) is 2.96. The predicted octanol–water partition coefficient (Wildman–Crippen LogP) is 2.64. The lowest BCUT2D eigenvalue weighted by Gasteiger charge is -2.36. The van der Waals surface area contributed by atoms with Crippen LogP contribution in [0.15, 0.2) is 47.3 Å². The summed E-state index contributed by atoms with van der Waals surface area (Å²) in [5, 5.41) is 10.2. The Labute approximate surface area is 176 Å². The molecule has 3 rings (SSSR count). The van der Waals surface area contributed by atoms with Crippen LogP contribution in [0.4, 0.5) is 0 Å². The molecule has 0 spiro atoms. The molecule has 1 aromatic carbocycles. The van der Waals surface area contributed by atoms with E-state index in [0.717, 1.165) is 37.7 Å². The average Bonchev–Trinajstić information content (AvgIpc) is 2.76. The van der Waals surface area contributed by atoms with Crippen molar-refractivity contribution in [1.29, 1.82) is 0 Å². The number of hydrogen-bond donors (Lipinski definition) is 2. The van der Waals surface area contributed by atoms with E-state index in [-0.39, 0.29) is 23.7 Å². The lowest BCUT2D eigenvalue weighted by Crippen LogP contribution is -2.60. The smallest absolute Gasteiger partial charge is 0.272 e. The first-order valence-corrected chi connectivity index (χ1v) is 10.8. The number of unbranched alkanes of at least 4 members (excludes halogenated alkanes) is 1. The van der Waals surface area contributed by atoms with Gasteiger partial charge in [0, 0.05) is 12.6 Å². The summed E-state index contributed by atoms with van der Waals surface area (Å²) < 4.78 is 1.28. The van der Waals surface area contributed by atoms with Gasteiger partial charge < -0.3 is 10.6 Å². The van der Waals surface area contributed by atoms with Gasteiger partial charge in [-0.05, 0) is 30.9 Å². The lowest BCUT2D eigenvalue weighted by molar-refractivity contribution is -0.128. The molecule has 1 fully saturated rings. The highest BCUT2D eigenvalue weighted by Gasteiger charge is 2.41. The van der Waals surface area contributed by atoms with E-state index in [1.165, 1.54) is 16.8 Å². The van der Waals surface area contributed by atoms with E-state index in [4.69, 9.17) is 0 Å². The summed E-state index contributed by atoms with van der Waals surface area (Å²) in [7, 11) is 0. The number of amides is 2. The number of nitrogens with one attached hydrogen (secondary N) is 2. The molecule has 2 N–H and O–H groups in total. The maximum absolute atomic E-state index is 13.0. The highest BCUT2D eigenvalue weighted by Crippen LogP contribution is 2.29. The Morgan fingerprint density at radius 2 is 1.80 bits per heavy atom. The van der Waals surface area contributed by atoms with Gasteiger partial charge in [-0.25, -0.2) is 4.68 Å². The average molecular weight is 411 g/mol. The summed E-state index contributed by atoms with van der Waals surface area (Å²) in [4.78, 5) is 38.1. The molecule has 0 aliphatic heterocycles. The normalized spacial score (nSPS) is 15.4. The second-order valence-electron chi connectivity index (χ2n) is 7.91. The second-order valence-corrected chi connectivity index (χ2v) is 7.91. The van der Waals surface area contributed by atoms with Crippen LogP contribution < -0.4 is 16.2 Å².